The predicted octanol–water partition coefficient (Wildman–Crippen LogP) is 5.59. The lowest BCUT2D eigenvalue weighted by molar-refractivity contribution is -0.0803. The minimum Gasteiger partial charge on any atom is -0.396 e. The van der Waals surface area contributed by atoms with Crippen molar-refractivity contribution in [1.82, 2.24) is 0 Å². The molecule has 0 aliphatic carbocycles. The molecule has 4 nitrogen and oxygen atoms in total. The van der Waals surface area contributed by atoms with E-state index in [1.165, 1.54) is 77.0 Å². The first-order valence-electron chi connectivity index (χ1n) is 11.1. The summed E-state index contributed by atoms with van der Waals surface area (Å²) in [5, 5.41) is 18.6. The molecule has 0 aromatic carbocycles. The molecule has 0 amide bonds. The van der Waals surface area contributed by atoms with Gasteiger partial charge in [0.1, 0.15) is 6.79 Å². The van der Waals surface area contributed by atoms with Gasteiger partial charge in [0, 0.05) is 13.7 Å². The highest BCUT2D eigenvalue weighted by atomic mass is 16.7. The zero-order valence-electron chi connectivity index (χ0n) is 17.6. The van der Waals surface area contributed by atoms with Gasteiger partial charge in [-0.05, 0) is 25.7 Å². The maximum Gasteiger partial charge on any atom is 0.146 e. The second-order valence-electron chi connectivity index (χ2n) is 7.62. The second kappa shape index (κ2) is 21.1. The zero-order chi connectivity index (χ0) is 19.3. The third-order valence-corrected chi connectivity index (χ3v) is 5.09. The molecule has 0 aliphatic rings. The van der Waals surface area contributed by atoms with Crippen molar-refractivity contribution >= 4 is 0 Å². The fourth-order valence-electron chi connectivity index (χ4n) is 3.36. The standard InChI is InChI=1S/C22H46O4/c1-3-4-5-6-7-8-9-10-11-12-13-14-15-22(26-20-25-2)17-16-21(24)18-19-23/h21-24H,3-20H2,1-2H3/t21-,22-/m0/s1. The van der Waals surface area contributed by atoms with Crippen molar-refractivity contribution < 1.29 is 19.7 Å². The topological polar surface area (TPSA) is 58.9 Å². The average Bonchev–Trinajstić information content (AvgIpc) is 2.64. The number of hydrogen-bond acceptors (Lipinski definition) is 4. The largest absolute Gasteiger partial charge is 0.396 e. The lowest BCUT2D eigenvalue weighted by Crippen LogP contribution is -2.18. The van der Waals surface area contributed by atoms with Crippen molar-refractivity contribution in [2.75, 3.05) is 20.5 Å². The fourth-order valence-corrected chi connectivity index (χ4v) is 3.36. The van der Waals surface area contributed by atoms with Gasteiger partial charge in [0.15, 0.2) is 0 Å². The summed E-state index contributed by atoms with van der Waals surface area (Å²) in [6, 6.07) is 0. The maximum absolute atomic E-state index is 9.75. The van der Waals surface area contributed by atoms with Crippen LogP contribution < -0.4 is 0 Å². The first-order chi connectivity index (χ1) is 12.7. The number of aliphatic hydroxyl groups is 2. The third-order valence-electron chi connectivity index (χ3n) is 5.09. The monoisotopic (exact) mass is 374 g/mol. The number of rotatable bonds is 21. The van der Waals surface area contributed by atoms with Crippen molar-refractivity contribution in [1.29, 1.82) is 0 Å². The van der Waals surface area contributed by atoms with Crippen molar-refractivity contribution in [2.24, 2.45) is 0 Å². The minimum atomic E-state index is -0.421. The van der Waals surface area contributed by atoms with Crippen LogP contribution in [0.5, 0.6) is 0 Å². The van der Waals surface area contributed by atoms with Gasteiger partial charge in [-0.15, -0.1) is 0 Å². The molecule has 158 valence electrons. The normalized spacial score (nSPS) is 13.8. The third kappa shape index (κ3) is 18.6. The Labute approximate surface area is 162 Å². The van der Waals surface area contributed by atoms with E-state index < -0.39 is 6.10 Å². The van der Waals surface area contributed by atoms with E-state index in [0.29, 0.717) is 19.6 Å². The molecule has 0 rings (SSSR count). The van der Waals surface area contributed by atoms with E-state index >= 15 is 0 Å². The summed E-state index contributed by atoms with van der Waals surface area (Å²) in [5.74, 6) is 0. The summed E-state index contributed by atoms with van der Waals surface area (Å²) in [7, 11) is 1.64. The molecular weight excluding hydrogens is 328 g/mol. The smallest absolute Gasteiger partial charge is 0.146 e. The molecule has 0 unspecified atom stereocenters. The highest BCUT2D eigenvalue weighted by Crippen LogP contribution is 2.17. The minimum absolute atomic E-state index is 0.0451. The van der Waals surface area contributed by atoms with E-state index in [1.54, 1.807) is 7.11 Å². The highest BCUT2D eigenvalue weighted by Gasteiger charge is 2.12. The van der Waals surface area contributed by atoms with Gasteiger partial charge in [-0.1, -0.05) is 84.0 Å². The fraction of sp³-hybridized carbons (Fsp3) is 1.00. The van der Waals surface area contributed by atoms with Crippen LogP contribution in [0.15, 0.2) is 0 Å². The van der Waals surface area contributed by atoms with Gasteiger partial charge < -0.3 is 19.7 Å². The molecule has 0 heterocycles. The Bertz CT molecular complexity index is 261. The summed E-state index contributed by atoms with van der Waals surface area (Å²) in [4.78, 5) is 0. The van der Waals surface area contributed by atoms with Gasteiger partial charge in [-0.3, -0.25) is 0 Å². The van der Waals surface area contributed by atoms with Crippen molar-refractivity contribution in [2.45, 2.75) is 122 Å². The molecule has 0 radical (unpaired) electrons. The van der Waals surface area contributed by atoms with Crippen LogP contribution in [-0.2, 0) is 9.47 Å². The molecular formula is C22H46O4. The highest BCUT2D eigenvalue weighted by molar-refractivity contribution is 4.63. The molecule has 0 bridgehead atoms. The Morgan fingerprint density at radius 3 is 1.73 bits per heavy atom. The van der Waals surface area contributed by atoms with Gasteiger partial charge in [-0.25, -0.2) is 0 Å². The molecule has 0 spiro atoms. The zero-order valence-corrected chi connectivity index (χ0v) is 17.6. The van der Waals surface area contributed by atoms with Crippen molar-refractivity contribution in [3.8, 4) is 0 Å². The molecule has 0 aliphatic heterocycles. The van der Waals surface area contributed by atoms with Crippen LogP contribution in [0, 0.1) is 0 Å². The summed E-state index contributed by atoms with van der Waals surface area (Å²) in [6.07, 6.45) is 19.0. The SMILES string of the molecule is CCCCCCCCCCCCCC[C@@H](CC[C@H](O)CCO)OCOC. The Hall–Kier alpha value is -0.160. The summed E-state index contributed by atoms with van der Waals surface area (Å²) in [5.41, 5.74) is 0. The maximum atomic E-state index is 9.75. The molecule has 0 aromatic rings. The molecule has 2 N–H and O–H groups in total. The quantitative estimate of drug-likeness (QED) is 0.203. The number of hydrogen-bond donors (Lipinski definition) is 2. The van der Waals surface area contributed by atoms with Crippen LogP contribution in [0.25, 0.3) is 0 Å². The molecule has 2 atom stereocenters. The van der Waals surface area contributed by atoms with Gasteiger partial charge in [0.25, 0.3) is 0 Å². The Morgan fingerprint density at radius 1 is 0.692 bits per heavy atom. The number of aliphatic hydroxyl groups excluding tert-OH is 2. The summed E-state index contributed by atoms with van der Waals surface area (Å²) >= 11 is 0. The second-order valence-corrected chi connectivity index (χ2v) is 7.62. The lowest BCUT2D eigenvalue weighted by Gasteiger charge is -2.19. The van der Waals surface area contributed by atoms with E-state index in [-0.39, 0.29) is 12.7 Å². The van der Waals surface area contributed by atoms with Crippen LogP contribution in [0.4, 0.5) is 0 Å². The van der Waals surface area contributed by atoms with Crippen LogP contribution in [0.1, 0.15) is 110 Å². The van der Waals surface area contributed by atoms with Gasteiger partial charge in [-0.2, -0.15) is 0 Å². The Balaban J connectivity index is 3.53. The molecule has 0 aromatic heterocycles. The molecule has 0 saturated carbocycles. The van der Waals surface area contributed by atoms with E-state index in [0.717, 1.165) is 12.8 Å². The Kier molecular flexibility index (Phi) is 21.0. The van der Waals surface area contributed by atoms with Crippen LogP contribution in [-0.4, -0.2) is 42.9 Å². The van der Waals surface area contributed by atoms with Gasteiger partial charge in [0.2, 0.25) is 0 Å². The molecule has 0 saturated heterocycles. The van der Waals surface area contributed by atoms with Crippen LogP contribution in [0.3, 0.4) is 0 Å². The average molecular weight is 375 g/mol. The summed E-state index contributed by atoms with van der Waals surface area (Å²) in [6.45, 7) is 2.63. The predicted molar refractivity (Wildman–Crippen MR) is 109 cm³/mol. The summed E-state index contributed by atoms with van der Waals surface area (Å²) < 4.78 is 10.7. The first-order valence-corrected chi connectivity index (χ1v) is 11.1. The lowest BCUT2D eigenvalue weighted by atomic mass is 10.0. The van der Waals surface area contributed by atoms with E-state index in [1.807, 2.05) is 0 Å². The number of methoxy groups -OCH3 is 1. The van der Waals surface area contributed by atoms with Crippen molar-refractivity contribution in [3.05, 3.63) is 0 Å². The number of ether oxygens (including phenoxy) is 2. The van der Waals surface area contributed by atoms with E-state index in [4.69, 9.17) is 14.6 Å². The van der Waals surface area contributed by atoms with E-state index in [9.17, 15) is 5.11 Å². The molecule has 26 heavy (non-hydrogen) atoms. The first kappa shape index (κ1) is 25.8. The molecule has 4 heteroatoms. The van der Waals surface area contributed by atoms with Gasteiger partial charge in [0.05, 0.1) is 12.2 Å². The molecule has 0 fully saturated rings. The Morgan fingerprint density at radius 2 is 1.23 bits per heavy atom. The van der Waals surface area contributed by atoms with Crippen molar-refractivity contribution in [3.63, 3.8) is 0 Å². The number of unbranched alkanes of at least 4 members (excludes halogenated alkanes) is 11. The van der Waals surface area contributed by atoms with Gasteiger partial charge >= 0.3 is 0 Å². The van der Waals surface area contributed by atoms with Crippen LogP contribution in [0.2, 0.25) is 0 Å². The van der Waals surface area contributed by atoms with E-state index in [2.05, 4.69) is 6.92 Å². The van der Waals surface area contributed by atoms with Crippen LogP contribution >= 0.6 is 0 Å².